The number of amides is 2. The number of nitrogens with one attached hydrogen (secondary N) is 2. The molecule has 0 radical (unpaired) electrons. The Morgan fingerprint density at radius 2 is 1.72 bits per heavy atom. The van der Waals surface area contributed by atoms with Gasteiger partial charge in [0.25, 0.3) is 5.69 Å². The lowest BCUT2D eigenvalue weighted by Gasteiger charge is -2.11. The number of nitro groups is 1. The second-order valence-corrected chi connectivity index (χ2v) is 5.92. The molecule has 2 aromatic rings. The van der Waals surface area contributed by atoms with E-state index in [0.717, 1.165) is 16.1 Å². The minimum Gasteiger partial charge on any atom is -0.495 e. The van der Waals surface area contributed by atoms with E-state index in [1.807, 2.05) is 0 Å². The van der Waals surface area contributed by atoms with Crippen LogP contribution in [0.5, 0.6) is 5.75 Å². The summed E-state index contributed by atoms with van der Waals surface area (Å²) >= 11 is 3.31. The Morgan fingerprint density at radius 3 is 2.28 bits per heavy atom. The highest BCUT2D eigenvalue weighted by Crippen LogP contribution is 2.29. The van der Waals surface area contributed by atoms with Crippen molar-refractivity contribution in [1.29, 1.82) is 0 Å². The molecule has 2 N–H and O–H groups in total. The number of non-ortho nitro benzene ring substituents is 1. The number of aryl methyl sites for hydroxylation is 1. The predicted molar refractivity (Wildman–Crippen MR) is 95.8 cm³/mol. The Kier molecular flexibility index (Phi) is 5.71. The molecule has 0 aliphatic rings. The number of anilines is 2. The van der Waals surface area contributed by atoms with Crippen molar-refractivity contribution < 1.29 is 19.2 Å². The number of methoxy groups -OCH3 is 1. The molecule has 2 aromatic carbocycles. The van der Waals surface area contributed by atoms with E-state index in [9.17, 15) is 19.7 Å². The fourth-order valence-corrected chi connectivity index (χ4v) is 2.51. The summed E-state index contributed by atoms with van der Waals surface area (Å²) in [5, 5.41) is 15.7. The number of carbonyl (C=O) groups excluding carboxylic acids is 2. The largest absolute Gasteiger partial charge is 0.495 e. The van der Waals surface area contributed by atoms with Gasteiger partial charge < -0.3 is 15.4 Å². The smallest absolute Gasteiger partial charge is 0.314 e. The molecule has 0 unspecified atom stereocenters. The van der Waals surface area contributed by atoms with Crippen molar-refractivity contribution in [3.63, 3.8) is 0 Å². The number of benzene rings is 2. The first-order chi connectivity index (χ1) is 11.8. The number of nitro benzene ring substituents is 1. The third-order valence-electron chi connectivity index (χ3n) is 3.28. The number of halogens is 1. The third kappa shape index (κ3) is 4.54. The molecule has 0 aromatic heterocycles. The molecule has 2 amide bonds. The molecule has 130 valence electrons. The fourth-order valence-electron chi connectivity index (χ4n) is 2.03. The maximum atomic E-state index is 12.1. The Bertz CT molecular complexity index is 854. The molecule has 0 fully saturated rings. The van der Waals surface area contributed by atoms with Gasteiger partial charge in [-0.2, -0.15) is 0 Å². The summed E-state index contributed by atoms with van der Waals surface area (Å²) in [6.07, 6.45) is 0. The van der Waals surface area contributed by atoms with Crippen LogP contribution in [0.2, 0.25) is 0 Å². The standard InChI is InChI=1S/C16H14BrN3O5/c1-9-7-10(17)3-5-12(9)18-15(21)16(22)19-13-8-11(20(23)24)4-6-14(13)25-2/h3-8H,1-2H3,(H,18,21)(H,19,22). The topological polar surface area (TPSA) is 111 Å². The minimum atomic E-state index is -0.971. The van der Waals surface area contributed by atoms with Crippen LogP contribution in [0.3, 0.4) is 0 Å². The summed E-state index contributed by atoms with van der Waals surface area (Å²) in [6, 6.07) is 8.86. The van der Waals surface area contributed by atoms with Crippen LogP contribution in [0, 0.1) is 17.0 Å². The van der Waals surface area contributed by atoms with E-state index < -0.39 is 16.7 Å². The van der Waals surface area contributed by atoms with Crippen LogP contribution in [0.4, 0.5) is 17.1 Å². The van der Waals surface area contributed by atoms with Crippen molar-refractivity contribution >= 4 is 44.8 Å². The van der Waals surface area contributed by atoms with Gasteiger partial charge >= 0.3 is 11.8 Å². The molecule has 0 aliphatic heterocycles. The molecular formula is C16H14BrN3O5. The van der Waals surface area contributed by atoms with Crippen LogP contribution in [0.1, 0.15) is 5.56 Å². The molecule has 0 bridgehead atoms. The summed E-state index contributed by atoms with van der Waals surface area (Å²) in [5.41, 5.74) is 1.04. The number of rotatable bonds is 4. The second-order valence-electron chi connectivity index (χ2n) is 5.01. The quantitative estimate of drug-likeness (QED) is 0.459. The van der Waals surface area contributed by atoms with E-state index in [4.69, 9.17) is 4.74 Å². The number of carbonyl (C=O) groups is 2. The highest BCUT2D eigenvalue weighted by Gasteiger charge is 2.19. The molecular weight excluding hydrogens is 394 g/mol. The zero-order valence-electron chi connectivity index (χ0n) is 13.3. The van der Waals surface area contributed by atoms with Gasteiger partial charge in [-0.1, -0.05) is 15.9 Å². The van der Waals surface area contributed by atoms with Gasteiger partial charge in [0.2, 0.25) is 0 Å². The minimum absolute atomic E-state index is 0.0318. The first kappa shape index (κ1) is 18.4. The lowest BCUT2D eigenvalue weighted by atomic mass is 10.2. The number of hydrogen-bond acceptors (Lipinski definition) is 5. The van der Waals surface area contributed by atoms with Crippen molar-refractivity contribution in [3.05, 3.63) is 56.5 Å². The average Bonchev–Trinajstić information content (AvgIpc) is 2.57. The van der Waals surface area contributed by atoms with E-state index in [1.165, 1.54) is 19.2 Å². The number of ether oxygens (including phenoxy) is 1. The van der Waals surface area contributed by atoms with Gasteiger partial charge in [0.1, 0.15) is 5.75 Å². The molecule has 0 atom stereocenters. The average molecular weight is 408 g/mol. The molecule has 0 spiro atoms. The van der Waals surface area contributed by atoms with Crippen molar-refractivity contribution in [2.45, 2.75) is 6.92 Å². The first-order valence-electron chi connectivity index (χ1n) is 7.02. The van der Waals surface area contributed by atoms with Crippen molar-refractivity contribution in [3.8, 4) is 5.75 Å². The molecule has 8 nitrogen and oxygen atoms in total. The van der Waals surface area contributed by atoms with Crippen LogP contribution in [0.15, 0.2) is 40.9 Å². The lowest BCUT2D eigenvalue weighted by molar-refractivity contribution is -0.384. The van der Waals surface area contributed by atoms with E-state index >= 15 is 0 Å². The highest BCUT2D eigenvalue weighted by atomic mass is 79.9. The molecule has 25 heavy (non-hydrogen) atoms. The summed E-state index contributed by atoms with van der Waals surface area (Å²) in [6.45, 7) is 1.78. The highest BCUT2D eigenvalue weighted by molar-refractivity contribution is 9.10. The van der Waals surface area contributed by atoms with Crippen LogP contribution >= 0.6 is 15.9 Å². The van der Waals surface area contributed by atoms with Crippen molar-refractivity contribution in [1.82, 2.24) is 0 Å². The Labute approximate surface area is 151 Å². The maximum absolute atomic E-state index is 12.1. The predicted octanol–water partition coefficient (Wildman–Crippen LogP) is 3.25. The SMILES string of the molecule is COc1ccc([N+](=O)[O-])cc1NC(=O)C(=O)Nc1ccc(Br)cc1C. The van der Waals surface area contributed by atoms with Gasteiger partial charge in [-0.3, -0.25) is 19.7 Å². The van der Waals surface area contributed by atoms with E-state index in [-0.39, 0.29) is 17.1 Å². The van der Waals surface area contributed by atoms with Gasteiger partial charge in [-0.05, 0) is 36.8 Å². The zero-order valence-corrected chi connectivity index (χ0v) is 14.9. The van der Waals surface area contributed by atoms with Gasteiger partial charge in [0.15, 0.2) is 0 Å². The normalized spacial score (nSPS) is 10.0. The first-order valence-corrected chi connectivity index (χ1v) is 7.82. The van der Waals surface area contributed by atoms with Gasteiger partial charge in [0, 0.05) is 22.3 Å². The fraction of sp³-hybridized carbons (Fsp3) is 0.125. The van der Waals surface area contributed by atoms with Crippen LogP contribution in [-0.2, 0) is 9.59 Å². The maximum Gasteiger partial charge on any atom is 0.314 e. The van der Waals surface area contributed by atoms with Crippen molar-refractivity contribution in [2.24, 2.45) is 0 Å². The molecule has 0 saturated carbocycles. The monoisotopic (exact) mass is 407 g/mol. The molecule has 2 rings (SSSR count). The molecule has 0 heterocycles. The molecule has 0 saturated heterocycles. The third-order valence-corrected chi connectivity index (χ3v) is 3.78. The van der Waals surface area contributed by atoms with Crippen LogP contribution in [0.25, 0.3) is 0 Å². The Morgan fingerprint density at radius 1 is 1.08 bits per heavy atom. The summed E-state index contributed by atoms with van der Waals surface area (Å²) in [5.74, 6) is -1.67. The van der Waals surface area contributed by atoms with E-state index in [0.29, 0.717) is 5.69 Å². The Hall–Kier alpha value is -2.94. The second kappa shape index (κ2) is 7.75. The van der Waals surface area contributed by atoms with Gasteiger partial charge in [-0.25, -0.2) is 0 Å². The molecule has 9 heteroatoms. The van der Waals surface area contributed by atoms with Crippen LogP contribution in [-0.4, -0.2) is 23.8 Å². The van der Waals surface area contributed by atoms with Gasteiger partial charge in [0.05, 0.1) is 17.7 Å². The zero-order chi connectivity index (χ0) is 18.6. The van der Waals surface area contributed by atoms with Crippen molar-refractivity contribution in [2.75, 3.05) is 17.7 Å². The summed E-state index contributed by atoms with van der Waals surface area (Å²) in [7, 11) is 1.35. The number of hydrogen-bond donors (Lipinski definition) is 2. The molecule has 0 aliphatic carbocycles. The Balaban J connectivity index is 2.17. The summed E-state index contributed by atoms with van der Waals surface area (Å²) < 4.78 is 5.88. The van der Waals surface area contributed by atoms with E-state index in [2.05, 4.69) is 26.6 Å². The van der Waals surface area contributed by atoms with Gasteiger partial charge in [-0.15, -0.1) is 0 Å². The van der Waals surface area contributed by atoms with Crippen LogP contribution < -0.4 is 15.4 Å². The number of nitrogens with zero attached hydrogens (tertiary/aromatic N) is 1. The summed E-state index contributed by atoms with van der Waals surface area (Å²) in [4.78, 5) is 34.4. The lowest BCUT2D eigenvalue weighted by Crippen LogP contribution is -2.29. The van der Waals surface area contributed by atoms with E-state index in [1.54, 1.807) is 25.1 Å².